The molecule has 3 saturated heterocycles. The molecule has 0 aliphatic carbocycles. The second-order valence-electron chi connectivity index (χ2n) is 13.2. The topological polar surface area (TPSA) is 103 Å². The molecular weight excluding hydrogens is 631 g/mol. The predicted molar refractivity (Wildman–Crippen MR) is 161 cm³/mol. The number of rotatable bonds is 6. The number of aryl methyl sites for hydroxylation is 1. The van der Waals surface area contributed by atoms with Gasteiger partial charge in [-0.15, -0.1) is 0 Å². The van der Waals surface area contributed by atoms with Crippen LogP contribution in [-0.2, 0) is 6.18 Å². The Morgan fingerprint density at radius 3 is 2.43 bits per heavy atom. The van der Waals surface area contributed by atoms with Crippen LogP contribution in [0.2, 0.25) is 0 Å². The molecule has 6 rings (SSSR count). The Morgan fingerprint density at radius 1 is 1.13 bits per heavy atom. The molecule has 0 spiro atoms. The van der Waals surface area contributed by atoms with Crippen LogP contribution in [0.1, 0.15) is 42.9 Å². The van der Waals surface area contributed by atoms with Crippen molar-refractivity contribution in [2.24, 2.45) is 11.3 Å². The van der Waals surface area contributed by atoms with E-state index in [0.29, 0.717) is 19.6 Å². The monoisotopic (exact) mass is 665 g/mol. The molecule has 15 heteroatoms. The molecule has 3 N–H and O–H groups in total. The van der Waals surface area contributed by atoms with Crippen molar-refractivity contribution in [1.82, 2.24) is 20.2 Å². The van der Waals surface area contributed by atoms with Gasteiger partial charge < -0.3 is 25.6 Å². The molecule has 0 amide bonds. The van der Waals surface area contributed by atoms with E-state index in [1.165, 1.54) is 0 Å². The second-order valence-corrected chi connectivity index (χ2v) is 13.2. The zero-order valence-electron chi connectivity index (χ0n) is 26.0. The van der Waals surface area contributed by atoms with Gasteiger partial charge in [0.25, 0.3) is 0 Å². The lowest BCUT2D eigenvalue weighted by Gasteiger charge is -2.44. The van der Waals surface area contributed by atoms with E-state index in [1.807, 2.05) is 9.80 Å². The molecule has 4 heterocycles. The molecule has 47 heavy (non-hydrogen) atoms. The van der Waals surface area contributed by atoms with Gasteiger partial charge in [0.05, 0.1) is 29.0 Å². The van der Waals surface area contributed by atoms with Crippen LogP contribution in [0.25, 0.3) is 22.0 Å². The first-order valence-corrected chi connectivity index (χ1v) is 15.3. The summed E-state index contributed by atoms with van der Waals surface area (Å²) in [6.45, 7) is 4.09. The van der Waals surface area contributed by atoms with Crippen molar-refractivity contribution in [3.05, 3.63) is 40.5 Å². The van der Waals surface area contributed by atoms with E-state index in [9.17, 15) is 27.2 Å². The van der Waals surface area contributed by atoms with Crippen molar-refractivity contribution in [1.29, 1.82) is 5.26 Å². The van der Waals surface area contributed by atoms with Crippen LogP contribution in [0, 0.1) is 41.2 Å². The average molecular weight is 666 g/mol. The van der Waals surface area contributed by atoms with Gasteiger partial charge in [-0.3, -0.25) is 0 Å². The quantitative estimate of drug-likeness (QED) is 0.248. The Morgan fingerprint density at radius 2 is 1.81 bits per heavy atom. The summed E-state index contributed by atoms with van der Waals surface area (Å²) < 4.78 is 110. The molecule has 3 aromatic rings. The molecule has 4 atom stereocenters. The number of nitrogens with zero attached hydrogens (tertiary/aromatic N) is 5. The summed E-state index contributed by atoms with van der Waals surface area (Å²) in [5.41, 5.74) is -0.793. The number of piperidine rings is 1. The number of likely N-dealkylation sites (tertiary alicyclic amines) is 1. The van der Waals surface area contributed by atoms with Gasteiger partial charge in [0.2, 0.25) is 6.43 Å². The predicted octanol–water partition coefficient (Wildman–Crippen LogP) is 5.90. The zero-order chi connectivity index (χ0) is 34.0. The standard InChI is InChI=1S/C32H34F7N7O/c1-15-8-22(41)19(10-40)23(25(15)32(37,38)39)24-21(33)9-18-27(26(24)34)43-30(44-29(18)46-11-16-4-5-17(12-46)42-16)47-14-31(2)13-45(3)7-6-20(31)28(35)36/h8-9,16-17,20,28,42H,4-7,11-14,41H2,1-3H3/t16-,17+,20-,31+/m1/s1. The fourth-order valence-electron chi connectivity index (χ4n) is 7.58. The average Bonchev–Trinajstić information content (AvgIpc) is 3.32. The van der Waals surface area contributed by atoms with Crippen molar-refractivity contribution in [2.75, 3.05) is 50.5 Å². The number of hydrogen-bond donors (Lipinski definition) is 2. The van der Waals surface area contributed by atoms with Crippen LogP contribution in [0.4, 0.5) is 42.2 Å². The Kier molecular flexibility index (Phi) is 8.40. The van der Waals surface area contributed by atoms with Gasteiger partial charge in [-0.25, -0.2) is 17.6 Å². The van der Waals surface area contributed by atoms with Crippen LogP contribution < -0.4 is 20.7 Å². The number of aromatic nitrogens is 2. The van der Waals surface area contributed by atoms with E-state index in [-0.39, 0.29) is 48.5 Å². The molecule has 2 aromatic carbocycles. The molecule has 8 nitrogen and oxygen atoms in total. The molecule has 2 bridgehead atoms. The lowest BCUT2D eigenvalue weighted by atomic mass is 9.73. The van der Waals surface area contributed by atoms with E-state index in [0.717, 1.165) is 31.9 Å². The number of anilines is 2. The Labute approximate surface area is 266 Å². The van der Waals surface area contributed by atoms with Crippen molar-refractivity contribution in [2.45, 2.75) is 57.8 Å². The number of nitrogen functional groups attached to an aromatic ring is 1. The van der Waals surface area contributed by atoms with E-state index in [1.54, 1.807) is 20.0 Å². The van der Waals surface area contributed by atoms with Crippen LogP contribution in [0.15, 0.2) is 12.1 Å². The van der Waals surface area contributed by atoms with Crippen LogP contribution in [-0.4, -0.2) is 73.2 Å². The summed E-state index contributed by atoms with van der Waals surface area (Å²) in [6, 6.07) is 3.13. The second kappa shape index (κ2) is 12.0. The highest BCUT2D eigenvalue weighted by atomic mass is 19.4. The third-order valence-corrected chi connectivity index (χ3v) is 9.74. The lowest BCUT2D eigenvalue weighted by molar-refractivity contribution is -0.137. The minimum Gasteiger partial charge on any atom is -0.463 e. The van der Waals surface area contributed by atoms with E-state index in [2.05, 4.69) is 15.3 Å². The molecular formula is C32H34F7N7O. The summed E-state index contributed by atoms with van der Waals surface area (Å²) in [5, 5.41) is 13.1. The summed E-state index contributed by atoms with van der Waals surface area (Å²) in [7, 11) is 1.80. The molecule has 3 fully saturated rings. The number of nitrogens with two attached hydrogens (primary N) is 1. The molecule has 1 aromatic heterocycles. The number of nitriles is 1. The highest BCUT2D eigenvalue weighted by Gasteiger charge is 2.45. The number of benzene rings is 2. The van der Waals surface area contributed by atoms with Crippen molar-refractivity contribution in [3.63, 3.8) is 0 Å². The molecule has 0 saturated carbocycles. The Hall–Kier alpha value is -3.90. The number of piperazine rings is 1. The minimum absolute atomic E-state index is 0.0726. The summed E-state index contributed by atoms with van der Waals surface area (Å²) in [4.78, 5) is 12.4. The maximum atomic E-state index is 16.7. The number of ether oxygens (including phenoxy) is 1. The van der Waals surface area contributed by atoms with Crippen LogP contribution in [0.3, 0.4) is 0 Å². The molecule has 0 radical (unpaired) electrons. The largest absolute Gasteiger partial charge is 0.463 e. The Balaban J connectivity index is 1.54. The normalized spacial score (nSPS) is 25.1. The van der Waals surface area contributed by atoms with E-state index in [4.69, 9.17) is 10.5 Å². The number of fused-ring (bicyclic) bond motifs is 3. The summed E-state index contributed by atoms with van der Waals surface area (Å²) in [6.07, 6.45) is -5.76. The number of halogens is 7. The van der Waals surface area contributed by atoms with Gasteiger partial charge in [0.1, 0.15) is 23.2 Å². The number of hydrogen-bond acceptors (Lipinski definition) is 8. The van der Waals surface area contributed by atoms with Crippen molar-refractivity contribution in [3.8, 4) is 23.2 Å². The van der Waals surface area contributed by atoms with Crippen LogP contribution in [0.5, 0.6) is 6.01 Å². The minimum atomic E-state index is -5.10. The van der Waals surface area contributed by atoms with Gasteiger partial charge in [-0.1, -0.05) is 6.92 Å². The van der Waals surface area contributed by atoms with Gasteiger partial charge in [0.15, 0.2) is 5.82 Å². The summed E-state index contributed by atoms with van der Waals surface area (Å²) >= 11 is 0. The van der Waals surface area contributed by atoms with Gasteiger partial charge in [-0.05, 0) is 57.5 Å². The first-order valence-electron chi connectivity index (χ1n) is 15.3. The maximum Gasteiger partial charge on any atom is 0.417 e. The van der Waals surface area contributed by atoms with Gasteiger partial charge in [-0.2, -0.15) is 28.4 Å². The number of nitrogens with one attached hydrogen (secondary N) is 1. The first kappa shape index (κ1) is 33.0. The highest BCUT2D eigenvalue weighted by Crippen LogP contribution is 2.47. The van der Waals surface area contributed by atoms with Crippen molar-refractivity contribution < 1.29 is 35.5 Å². The fraction of sp³-hybridized carbons (Fsp3) is 0.531. The van der Waals surface area contributed by atoms with Gasteiger partial charge in [0, 0.05) is 54.0 Å². The Bertz CT molecular complexity index is 1750. The first-order chi connectivity index (χ1) is 22.1. The molecule has 3 aliphatic rings. The maximum absolute atomic E-state index is 16.7. The van der Waals surface area contributed by atoms with E-state index < -0.39 is 74.9 Å². The zero-order valence-corrected chi connectivity index (χ0v) is 26.0. The molecule has 0 unspecified atom stereocenters. The van der Waals surface area contributed by atoms with E-state index >= 15 is 8.78 Å². The highest BCUT2D eigenvalue weighted by molar-refractivity contribution is 5.95. The molecule has 252 valence electrons. The molecule has 3 aliphatic heterocycles. The van der Waals surface area contributed by atoms with Crippen LogP contribution >= 0.6 is 0 Å². The van der Waals surface area contributed by atoms with Crippen molar-refractivity contribution >= 4 is 22.4 Å². The SMILES string of the molecule is Cc1cc(N)c(C#N)c(-c2c(F)cc3c(N4C[C@H]5CC[C@@H](C4)N5)nc(OC[C@]4(C)CN(C)CC[C@@H]4C(F)F)nc3c2F)c1C(F)(F)F. The summed E-state index contributed by atoms with van der Waals surface area (Å²) in [5.74, 6) is -3.73. The third kappa shape index (κ3) is 5.90. The smallest absolute Gasteiger partial charge is 0.417 e. The third-order valence-electron chi connectivity index (χ3n) is 9.74. The number of alkyl halides is 5. The van der Waals surface area contributed by atoms with Gasteiger partial charge >= 0.3 is 12.2 Å². The fourth-order valence-corrected chi connectivity index (χ4v) is 7.58. The lowest BCUT2D eigenvalue weighted by Crippen LogP contribution is -2.51.